The maximum absolute atomic E-state index is 13.1. The van der Waals surface area contributed by atoms with E-state index in [2.05, 4.69) is 20.4 Å². The van der Waals surface area contributed by atoms with Gasteiger partial charge in [-0.05, 0) is 30.3 Å². The molecule has 0 atom stereocenters. The lowest BCUT2D eigenvalue weighted by atomic mass is 10.1. The van der Waals surface area contributed by atoms with Crippen LogP contribution < -0.4 is 15.5 Å². The van der Waals surface area contributed by atoms with Crippen molar-refractivity contribution in [3.63, 3.8) is 0 Å². The SMILES string of the molecule is CNC(=O)c1cc([N+](=O)[O-])ccc1NCCN1CCN(c2ccc(F)cc2)CC1. The molecule has 2 aromatic rings. The number of carbonyl (C=O) groups is 1. The second kappa shape index (κ2) is 9.33. The lowest BCUT2D eigenvalue weighted by Gasteiger charge is -2.36. The highest BCUT2D eigenvalue weighted by atomic mass is 19.1. The number of nitrogens with zero attached hydrogens (tertiary/aromatic N) is 3. The van der Waals surface area contributed by atoms with Gasteiger partial charge in [-0.3, -0.25) is 19.8 Å². The topological polar surface area (TPSA) is 90.7 Å². The van der Waals surface area contributed by atoms with E-state index in [1.807, 2.05) is 0 Å². The van der Waals surface area contributed by atoms with Crippen LogP contribution in [-0.4, -0.2) is 62.0 Å². The van der Waals surface area contributed by atoms with E-state index in [9.17, 15) is 19.3 Å². The van der Waals surface area contributed by atoms with Gasteiger partial charge in [-0.25, -0.2) is 4.39 Å². The van der Waals surface area contributed by atoms with Crippen LogP contribution in [0.15, 0.2) is 42.5 Å². The third-order valence-electron chi connectivity index (χ3n) is 4.99. The molecular formula is C20H24FN5O3. The second-order valence-corrected chi connectivity index (χ2v) is 6.80. The molecule has 0 spiro atoms. The van der Waals surface area contributed by atoms with Crippen molar-refractivity contribution < 1.29 is 14.1 Å². The van der Waals surface area contributed by atoms with Crippen LogP contribution in [0, 0.1) is 15.9 Å². The normalized spacial score (nSPS) is 14.5. The van der Waals surface area contributed by atoms with Crippen molar-refractivity contribution in [3.8, 4) is 0 Å². The first kappa shape index (κ1) is 20.5. The minimum absolute atomic E-state index is 0.119. The predicted molar refractivity (Wildman–Crippen MR) is 110 cm³/mol. The summed E-state index contributed by atoms with van der Waals surface area (Å²) in [5, 5.41) is 16.7. The first-order valence-corrected chi connectivity index (χ1v) is 9.45. The third kappa shape index (κ3) is 5.20. The Balaban J connectivity index is 1.52. The van der Waals surface area contributed by atoms with Crippen LogP contribution in [0.3, 0.4) is 0 Å². The number of amides is 1. The lowest BCUT2D eigenvalue weighted by Crippen LogP contribution is -2.47. The average Bonchev–Trinajstić information content (AvgIpc) is 2.74. The molecule has 3 rings (SSSR count). The second-order valence-electron chi connectivity index (χ2n) is 6.80. The molecule has 0 radical (unpaired) electrons. The highest BCUT2D eigenvalue weighted by Gasteiger charge is 2.18. The Kier molecular flexibility index (Phi) is 6.61. The molecule has 154 valence electrons. The summed E-state index contributed by atoms with van der Waals surface area (Å²) < 4.78 is 13.1. The molecule has 0 bridgehead atoms. The van der Waals surface area contributed by atoms with Crippen molar-refractivity contribution in [2.24, 2.45) is 0 Å². The quantitative estimate of drug-likeness (QED) is 0.547. The molecule has 0 unspecified atom stereocenters. The van der Waals surface area contributed by atoms with Crippen molar-refractivity contribution in [2.75, 3.05) is 56.5 Å². The Morgan fingerprint density at radius 1 is 1.14 bits per heavy atom. The van der Waals surface area contributed by atoms with Gasteiger partial charge in [-0.1, -0.05) is 0 Å². The Morgan fingerprint density at radius 2 is 1.83 bits per heavy atom. The van der Waals surface area contributed by atoms with E-state index in [1.165, 1.54) is 31.3 Å². The summed E-state index contributed by atoms with van der Waals surface area (Å²) in [7, 11) is 1.49. The molecule has 1 saturated heterocycles. The van der Waals surface area contributed by atoms with Crippen molar-refractivity contribution in [1.29, 1.82) is 0 Å². The largest absolute Gasteiger partial charge is 0.383 e. The van der Waals surface area contributed by atoms with Crippen molar-refractivity contribution in [2.45, 2.75) is 0 Å². The molecule has 0 aliphatic carbocycles. The minimum atomic E-state index is -0.517. The van der Waals surface area contributed by atoms with Gasteiger partial charge >= 0.3 is 0 Å². The van der Waals surface area contributed by atoms with E-state index < -0.39 is 4.92 Å². The molecular weight excluding hydrogens is 377 g/mol. The molecule has 0 saturated carbocycles. The number of carbonyl (C=O) groups excluding carboxylic acids is 1. The fourth-order valence-electron chi connectivity index (χ4n) is 3.35. The van der Waals surface area contributed by atoms with Gasteiger partial charge in [-0.15, -0.1) is 0 Å². The van der Waals surface area contributed by atoms with Crippen LogP contribution in [-0.2, 0) is 0 Å². The molecule has 2 aromatic carbocycles. The van der Waals surface area contributed by atoms with E-state index in [4.69, 9.17) is 0 Å². The number of piperazine rings is 1. The Morgan fingerprint density at radius 3 is 2.45 bits per heavy atom. The number of nitro groups is 1. The zero-order valence-corrected chi connectivity index (χ0v) is 16.2. The van der Waals surface area contributed by atoms with Gasteiger partial charge in [0.1, 0.15) is 5.82 Å². The van der Waals surface area contributed by atoms with E-state index >= 15 is 0 Å². The highest BCUT2D eigenvalue weighted by molar-refractivity contribution is 6.00. The van der Waals surface area contributed by atoms with Gasteiger partial charge < -0.3 is 15.5 Å². The van der Waals surface area contributed by atoms with E-state index in [1.54, 1.807) is 18.2 Å². The van der Waals surface area contributed by atoms with Crippen LogP contribution in [0.5, 0.6) is 0 Å². The van der Waals surface area contributed by atoms with Crippen LogP contribution in [0.1, 0.15) is 10.4 Å². The molecule has 0 aromatic heterocycles. The number of nitro benzene ring substituents is 1. The number of halogens is 1. The summed E-state index contributed by atoms with van der Waals surface area (Å²) >= 11 is 0. The average molecular weight is 401 g/mol. The van der Waals surface area contributed by atoms with Gasteiger partial charge in [0, 0.05) is 69.8 Å². The number of anilines is 2. The van der Waals surface area contributed by atoms with E-state index in [0.29, 0.717) is 12.2 Å². The minimum Gasteiger partial charge on any atom is -0.383 e. The number of hydrogen-bond acceptors (Lipinski definition) is 6. The van der Waals surface area contributed by atoms with Crippen molar-refractivity contribution >= 4 is 23.0 Å². The molecule has 29 heavy (non-hydrogen) atoms. The molecule has 1 aliphatic heterocycles. The summed E-state index contributed by atoms with van der Waals surface area (Å²) in [5.41, 5.74) is 1.72. The number of hydrogen-bond donors (Lipinski definition) is 2. The van der Waals surface area contributed by atoms with Crippen molar-refractivity contribution in [3.05, 3.63) is 64.0 Å². The summed E-state index contributed by atoms with van der Waals surface area (Å²) in [6, 6.07) is 10.8. The predicted octanol–water partition coefficient (Wildman–Crippen LogP) is 2.33. The zero-order valence-electron chi connectivity index (χ0n) is 16.2. The maximum atomic E-state index is 13.1. The molecule has 1 heterocycles. The fourth-order valence-corrected chi connectivity index (χ4v) is 3.35. The molecule has 9 heteroatoms. The fraction of sp³-hybridized carbons (Fsp3) is 0.350. The van der Waals surface area contributed by atoms with Crippen molar-refractivity contribution in [1.82, 2.24) is 10.2 Å². The Hall–Kier alpha value is -3.20. The number of benzene rings is 2. The molecule has 1 aliphatic rings. The van der Waals surface area contributed by atoms with E-state index in [-0.39, 0.29) is 23.0 Å². The van der Waals surface area contributed by atoms with Gasteiger partial charge in [0.15, 0.2) is 0 Å². The smallest absolute Gasteiger partial charge is 0.270 e. The van der Waals surface area contributed by atoms with Gasteiger partial charge in [0.2, 0.25) is 0 Å². The zero-order chi connectivity index (χ0) is 20.8. The van der Waals surface area contributed by atoms with Gasteiger partial charge in [0.05, 0.1) is 10.5 Å². The Labute approximate surface area is 168 Å². The summed E-state index contributed by atoms with van der Waals surface area (Å²) in [6.07, 6.45) is 0. The molecule has 2 N–H and O–H groups in total. The van der Waals surface area contributed by atoms with Crippen LogP contribution in [0.25, 0.3) is 0 Å². The number of non-ortho nitro benzene ring substituents is 1. The lowest BCUT2D eigenvalue weighted by molar-refractivity contribution is -0.384. The number of nitrogens with one attached hydrogen (secondary N) is 2. The summed E-state index contributed by atoms with van der Waals surface area (Å²) in [4.78, 5) is 27.0. The molecule has 1 amide bonds. The van der Waals surface area contributed by atoms with E-state index in [0.717, 1.165) is 38.4 Å². The standard InChI is InChI=1S/C20H24FN5O3/c1-22-20(27)18-14-17(26(28)29)6-7-19(18)23-8-9-24-10-12-25(13-11-24)16-4-2-15(21)3-5-16/h2-7,14,23H,8-13H2,1H3,(H,22,27). The van der Waals surface area contributed by atoms with Crippen LogP contribution in [0.4, 0.5) is 21.5 Å². The molecule has 8 nitrogen and oxygen atoms in total. The highest BCUT2D eigenvalue weighted by Crippen LogP contribution is 2.22. The van der Waals surface area contributed by atoms with Crippen LogP contribution >= 0.6 is 0 Å². The third-order valence-corrected chi connectivity index (χ3v) is 4.99. The monoisotopic (exact) mass is 401 g/mol. The van der Waals surface area contributed by atoms with Gasteiger partial charge in [-0.2, -0.15) is 0 Å². The molecule has 1 fully saturated rings. The first-order chi connectivity index (χ1) is 14.0. The number of rotatable bonds is 7. The first-order valence-electron chi connectivity index (χ1n) is 9.45. The summed E-state index contributed by atoms with van der Waals surface area (Å²) in [5.74, 6) is -0.607. The Bertz CT molecular complexity index is 867. The maximum Gasteiger partial charge on any atom is 0.270 e. The summed E-state index contributed by atoms with van der Waals surface area (Å²) in [6.45, 7) is 4.85. The van der Waals surface area contributed by atoms with Gasteiger partial charge in [0.25, 0.3) is 11.6 Å². The van der Waals surface area contributed by atoms with Crippen LogP contribution in [0.2, 0.25) is 0 Å².